The smallest absolute Gasteiger partial charge is 0.336 e. The number of furan rings is 1. The summed E-state index contributed by atoms with van der Waals surface area (Å²) in [6.45, 7) is 0. The zero-order valence-corrected chi connectivity index (χ0v) is 9.58. The van der Waals surface area contributed by atoms with E-state index in [9.17, 15) is 19.8 Å². The molecule has 19 heavy (non-hydrogen) atoms. The molecule has 94 valence electrons. The first kappa shape index (κ1) is 11.3. The fraction of sp³-hybridized carbons (Fsp3) is 0. The van der Waals surface area contributed by atoms with Crippen LogP contribution in [0.1, 0.15) is 20.7 Å². The normalized spacial score (nSPS) is 10.9. The predicted molar refractivity (Wildman–Crippen MR) is 67.6 cm³/mol. The number of carboxylic acid groups (broad SMARTS) is 2. The summed E-state index contributed by atoms with van der Waals surface area (Å²) in [7, 11) is 0. The molecule has 0 bridgehead atoms. The minimum absolute atomic E-state index is 0.0399. The fourth-order valence-corrected chi connectivity index (χ4v) is 2.26. The van der Waals surface area contributed by atoms with Gasteiger partial charge in [0, 0.05) is 16.2 Å². The Morgan fingerprint density at radius 1 is 1.00 bits per heavy atom. The number of rotatable bonds is 2. The van der Waals surface area contributed by atoms with Crippen LogP contribution in [0.25, 0.3) is 21.7 Å². The molecule has 0 atom stereocenters. The summed E-state index contributed by atoms with van der Waals surface area (Å²) in [5, 5.41) is 19.8. The summed E-state index contributed by atoms with van der Waals surface area (Å²) in [6, 6.07) is 7.68. The van der Waals surface area contributed by atoms with Gasteiger partial charge in [0.05, 0.1) is 17.4 Å². The molecule has 3 rings (SSSR count). The minimum atomic E-state index is -1.17. The van der Waals surface area contributed by atoms with Crippen LogP contribution in [0, 0.1) is 0 Å². The van der Waals surface area contributed by atoms with Crippen molar-refractivity contribution < 1.29 is 24.2 Å². The molecule has 5 nitrogen and oxygen atoms in total. The first-order valence-electron chi connectivity index (χ1n) is 5.49. The largest absolute Gasteiger partial charge is 0.478 e. The molecule has 1 aromatic heterocycles. The maximum Gasteiger partial charge on any atom is 0.336 e. The highest BCUT2D eigenvalue weighted by molar-refractivity contribution is 6.19. The molecule has 0 unspecified atom stereocenters. The van der Waals surface area contributed by atoms with E-state index in [2.05, 4.69) is 0 Å². The number of benzene rings is 2. The standard InChI is InChI=1S/C14H8O5/c15-13(16)9-3-1-2-8-11(9)10(14(17)18)6-7-4-5-19-12(7)8/h1-6H,(H,15,16)(H,17,18). The van der Waals surface area contributed by atoms with E-state index in [-0.39, 0.29) is 16.5 Å². The summed E-state index contributed by atoms with van der Waals surface area (Å²) in [5.74, 6) is -2.33. The van der Waals surface area contributed by atoms with Crippen LogP contribution in [-0.2, 0) is 0 Å². The van der Waals surface area contributed by atoms with Crippen molar-refractivity contribution in [2.24, 2.45) is 0 Å². The number of aromatic carboxylic acids is 2. The van der Waals surface area contributed by atoms with Gasteiger partial charge in [-0.2, -0.15) is 0 Å². The monoisotopic (exact) mass is 256 g/mol. The second-order valence-corrected chi connectivity index (χ2v) is 4.10. The van der Waals surface area contributed by atoms with E-state index in [0.29, 0.717) is 16.4 Å². The summed E-state index contributed by atoms with van der Waals surface area (Å²) < 4.78 is 5.31. The van der Waals surface area contributed by atoms with Crippen LogP contribution in [0.2, 0.25) is 0 Å². The molecule has 3 aromatic rings. The molecule has 5 heteroatoms. The third-order valence-electron chi connectivity index (χ3n) is 3.03. The third kappa shape index (κ3) is 1.55. The zero-order valence-electron chi connectivity index (χ0n) is 9.58. The van der Waals surface area contributed by atoms with Crippen molar-refractivity contribution in [3.05, 3.63) is 47.7 Å². The molecule has 0 aliphatic carbocycles. The summed E-state index contributed by atoms with van der Waals surface area (Å²) in [4.78, 5) is 22.6. The van der Waals surface area contributed by atoms with E-state index in [1.165, 1.54) is 18.4 Å². The topological polar surface area (TPSA) is 87.7 Å². The molecule has 0 saturated carbocycles. The maximum atomic E-state index is 11.3. The third-order valence-corrected chi connectivity index (χ3v) is 3.03. The van der Waals surface area contributed by atoms with Crippen LogP contribution >= 0.6 is 0 Å². The SMILES string of the molecule is O=C(O)c1cccc2c1c(C(=O)O)cc1ccoc12. The van der Waals surface area contributed by atoms with Gasteiger partial charge in [-0.05, 0) is 18.2 Å². The Bertz CT molecular complexity index is 828. The zero-order chi connectivity index (χ0) is 13.6. The van der Waals surface area contributed by atoms with E-state index in [0.717, 1.165) is 0 Å². The molecular weight excluding hydrogens is 248 g/mol. The van der Waals surface area contributed by atoms with Crippen LogP contribution in [0.15, 0.2) is 41.0 Å². The molecule has 0 radical (unpaired) electrons. The van der Waals surface area contributed by atoms with Gasteiger partial charge in [0.25, 0.3) is 0 Å². The van der Waals surface area contributed by atoms with Crippen LogP contribution in [-0.4, -0.2) is 22.2 Å². The van der Waals surface area contributed by atoms with Gasteiger partial charge >= 0.3 is 11.9 Å². The Hall–Kier alpha value is -2.82. The van der Waals surface area contributed by atoms with Gasteiger partial charge in [-0.1, -0.05) is 12.1 Å². The fourth-order valence-electron chi connectivity index (χ4n) is 2.26. The lowest BCUT2D eigenvalue weighted by molar-refractivity contribution is 0.0695. The van der Waals surface area contributed by atoms with Crippen molar-refractivity contribution in [1.82, 2.24) is 0 Å². The molecule has 1 heterocycles. The van der Waals surface area contributed by atoms with E-state index in [1.807, 2.05) is 0 Å². The van der Waals surface area contributed by atoms with Crippen molar-refractivity contribution in [3.8, 4) is 0 Å². The predicted octanol–water partition coefficient (Wildman–Crippen LogP) is 2.98. The molecule has 0 fully saturated rings. The Morgan fingerprint density at radius 3 is 2.42 bits per heavy atom. The molecule has 0 amide bonds. The van der Waals surface area contributed by atoms with Crippen LogP contribution in [0.3, 0.4) is 0 Å². The number of hydrogen-bond donors (Lipinski definition) is 2. The Labute approximate surface area is 106 Å². The van der Waals surface area contributed by atoms with E-state index < -0.39 is 11.9 Å². The molecule has 0 saturated heterocycles. The van der Waals surface area contributed by atoms with Gasteiger partial charge in [0.1, 0.15) is 5.58 Å². The van der Waals surface area contributed by atoms with Crippen molar-refractivity contribution in [1.29, 1.82) is 0 Å². The molecule has 0 aliphatic rings. The molecule has 2 aromatic carbocycles. The number of carboxylic acids is 2. The van der Waals surface area contributed by atoms with Gasteiger partial charge in [-0.25, -0.2) is 9.59 Å². The van der Waals surface area contributed by atoms with Crippen LogP contribution in [0.4, 0.5) is 0 Å². The quantitative estimate of drug-likeness (QED) is 0.735. The average Bonchev–Trinajstić information content (AvgIpc) is 2.84. The lowest BCUT2D eigenvalue weighted by atomic mass is 9.97. The van der Waals surface area contributed by atoms with Gasteiger partial charge in [0.15, 0.2) is 0 Å². The average molecular weight is 256 g/mol. The number of fused-ring (bicyclic) bond motifs is 3. The number of carbonyl (C=O) groups is 2. The highest BCUT2D eigenvalue weighted by atomic mass is 16.4. The lowest BCUT2D eigenvalue weighted by Gasteiger charge is -2.07. The summed E-state index contributed by atoms with van der Waals surface area (Å²) in [6.07, 6.45) is 1.45. The van der Waals surface area contributed by atoms with Crippen LogP contribution in [0.5, 0.6) is 0 Å². The van der Waals surface area contributed by atoms with Gasteiger partial charge in [-0.3, -0.25) is 0 Å². The second-order valence-electron chi connectivity index (χ2n) is 4.10. The Morgan fingerprint density at radius 2 is 1.74 bits per heavy atom. The summed E-state index contributed by atoms with van der Waals surface area (Å²) in [5.41, 5.74) is 0.401. The lowest BCUT2D eigenvalue weighted by Crippen LogP contribution is -2.04. The first-order chi connectivity index (χ1) is 9.09. The van der Waals surface area contributed by atoms with E-state index in [4.69, 9.17) is 4.42 Å². The Balaban J connectivity index is 2.61. The first-order valence-corrected chi connectivity index (χ1v) is 5.49. The minimum Gasteiger partial charge on any atom is -0.478 e. The maximum absolute atomic E-state index is 11.3. The van der Waals surface area contributed by atoms with Crippen molar-refractivity contribution in [3.63, 3.8) is 0 Å². The number of hydrogen-bond acceptors (Lipinski definition) is 3. The van der Waals surface area contributed by atoms with Crippen molar-refractivity contribution in [2.75, 3.05) is 0 Å². The molecule has 0 spiro atoms. The molecule has 0 aliphatic heterocycles. The van der Waals surface area contributed by atoms with Gasteiger partial charge < -0.3 is 14.6 Å². The highest BCUT2D eigenvalue weighted by Gasteiger charge is 2.19. The highest BCUT2D eigenvalue weighted by Crippen LogP contribution is 2.31. The summed E-state index contributed by atoms with van der Waals surface area (Å²) >= 11 is 0. The van der Waals surface area contributed by atoms with E-state index in [1.54, 1.807) is 18.2 Å². The van der Waals surface area contributed by atoms with Crippen molar-refractivity contribution >= 4 is 33.7 Å². The molecule has 2 N–H and O–H groups in total. The Kier molecular flexibility index (Phi) is 2.28. The van der Waals surface area contributed by atoms with Gasteiger partial charge in [0.2, 0.25) is 0 Å². The second kappa shape index (κ2) is 3.84. The van der Waals surface area contributed by atoms with Crippen molar-refractivity contribution in [2.45, 2.75) is 0 Å². The van der Waals surface area contributed by atoms with E-state index >= 15 is 0 Å². The van der Waals surface area contributed by atoms with Crippen LogP contribution < -0.4 is 0 Å². The van der Waals surface area contributed by atoms with Gasteiger partial charge in [-0.15, -0.1) is 0 Å². The molecular formula is C14H8O5.